The maximum absolute atomic E-state index is 10.9. The third kappa shape index (κ3) is 3.23. The van der Waals surface area contributed by atoms with Crippen LogP contribution in [0.25, 0.3) is 0 Å². The van der Waals surface area contributed by atoms with Crippen LogP contribution in [0.4, 0.5) is 11.5 Å². The van der Waals surface area contributed by atoms with E-state index in [4.69, 9.17) is 16.7 Å². The second-order valence-electron chi connectivity index (χ2n) is 4.14. The van der Waals surface area contributed by atoms with E-state index >= 15 is 0 Å². The Hall–Kier alpha value is -2.07. The summed E-state index contributed by atoms with van der Waals surface area (Å²) < 4.78 is 0. The SMILES string of the molecule is C[C@H](C(=O)O)c1ccc(Nc2ccccn2)c(Cl)c1. The fraction of sp³-hybridized carbons (Fsp3) is 0.143. The third-order valence-corrected chi connectivity index (χ3v) is 3.10. The Balaban J connectivity index is 2.23. The van der Waals surface area contributed by atoms with Crippen LogP contribution in [0.1, 0.15) is 18.4 Å². The minimum absolute atomic E-state index is 0.469. The van der Waals surface area contributed by atoms with Gasteiger partial charge in [-0.25, -0.2) is 4.98 Å². The number of hydrogen-bond donors (Lipinski definition) is 2. The second kappa shape index (κ2) is 5.71. The molecule has 1 aromatic heterocycles. The molecule has 1 aromatic carbocycles. The number of anilines is 2. The topological polar surface area (TPSA) is 62.2 Å². The van der Waals surface area contributed by atoms with Crippen LogP contribution in [0, 0.1) is 0 Å². The molecular formula is C14H13ClN2O2. The fourth-order valence-corrected chi connectivity index (χ4v) is 1.86. The van der Waals surface area contributed by atoms with Crippen molar-refractivity contribution in [1.29, 1.82) is 0 Å². The predicted molar refractivity (Wildman–Crippen MR) is 75.0 cm³/mol. The van der Waals surface area contributed by atoms with Crippen molar-refractivity contribution in [2.75, 3.05) is 5.32 Å². The molecule has 0 unspecified atom stereocenters. The number of rotatable bonds is 4. The van der Waals surface area contributed by atoms with Crippen LogP contribution in [0.15, 0.2) is 42.6 Å². The lowest BCUT2D eigenvalue weighted by Gasteiger charge is -2.11. The average molecular weight is 277 g/mol. The summed E-state index contributed by atoms with van der Waals surface area (Å²) in [6, 6.07) is 10.7. The number of carboxylic acid groups (broad SMARTS) is 1. The molecule has 4 nitrogen and oxygen atoms in total. The molecule has 0 saturated carbocycles. The molecule has 1 atom stereocenters. The first-order valence-electron chi connectivity index (χ1n) is 5.78. The molecule has 0 radical (unpaired) electrons. The van der Waals surface area contributed by atoms with E-state index in [0.717, 1.165) is 0 Å². The van der Waals surface area contributed by atoms with Gasteiger partial charge in [-0.15, -0.1) is 0 Å². The standard InChI is InChI=1S/C14H13ClN2O2/c1-9(14(18)19)10-5-6-12(11(15)8-10)17-13-4-2-3-7-16-13/h2-9H,1H3,(H,16,17)(H,18,19)/t9-/m0/s1. The molecule has 98 valence electrons. The lowest BCUT2D eigenvalue weighted by atomic mass is 10.0. The first-order valence-corrected chi connectivity index (χ1v) is 6.16. The van der Waals surface area contributed by atoms with E-state index < -0.39 is 11.9 Å². The molecule has 0 aliphatic rings. The van der Waals surface area contributed by atoms with Gasteiger partial charge in [0, 0.05) is 6.20 Å². The van der Waals surface area contributed by atoms with E-state index in [1.165, 1.54) is 0 Å². The summed E-state index contributed by atoms with van der Waals surface area (Å²) in [6.07, 6.45) is 1.68. The molecule has 5 heteroatoms. The summed E-state index contributed by atoms with van der Waals surface area (Å²) in [6.45, 7) is 1.62. The Labute approximate surface area is 116 Å². The average Bonchev–Trinajstić information content (AvgIpc) is 2.41. The van der Waals surface area contributed by atoms with Gasteiger partial charge in [0.1, 0.15) is 5.82 Å². The van der Waals surface area contributed by atoms with Crippen molar-refractivity contribution in [3.8, 4) is 0 Å². The number of hydrogen-bond acceptors (Lipinski definition) is 3. The van der Waals surface area contributed by atoms with Crippen molar-refractivity contribution >= 4 is 29.1 Å². The predicted octanol–water partition coefficient (Wildman–Crippen LogP) is 3.67. The lowest BCUT2D eigenvalue weighted by Crippen LogP contribution is -2.07. The molecule has 0 fully saturated rings. The summed E-state index contributed by atoms with van der Waals surface area (Å²) in [7, 11) is 0. The zero-order valence-electron chi connectivity index (χ0n) is 10.3. The number of nitrogens with zero attached hydrogens (tertiary/aromatic N) is 1. The number of halogens is 1. The van der Waals surface area contributed by atoms with Crippen LogP contribution in [0.3, 0.4) is 0 Å². The van der Waals surface area contributed by atoms with Crippen molar-refractivity contribution in [1.82, 2.24) is 4.98 Å². The van der Waals surface area contributed by atoms with Gasteiger partial charge < -0.3 is 10.4 Å². The number of pyridine rings is 1. The van der Waals surface area contributed by atoms with E-state index in [1.54, 1.807) is 31.3 Å². The van der Waals surface area contributed by atoms with Crippen LogP contribution in [-0.2, 0) is 4.79 Å². The van der Waals surface area contributed by atoms with Gasteiger partial charge in [-0.1, -0.05) is 23.7 Å². The van der Waals surface area contributed by atoms with E-state index in [1.807, 2.05) is 18.2 Å². The Morgan fingerprint density at radius 2 is 2.16 bits per heavy atom. The minimum atomic E-state index is -0.874. The van der Waals surface area contributed by atoms with Gasteiger partial charge in [-0.3, -0.25) is 4.79 Å². The van der Waals surface area contributed by atoms with Crippen molar-refractivity contribution in [3.05, 3.63) is 53.2 Å². The Kier molecular flexibility index (Phi) is 4.02. The van der Waals surface area contributed by atoms with E-state index in [9.17, 15) is 4.79 Å². The number of benzene rings is 1. The molecule has 2 rings (SSSR count). The van der Waals surface area contributed by atoms with Crippen molar-refractivity contribution < 1.29 is 9.90 Å². The van der Waals surface area contributed by atoms with Crippen LogP contribution in [-0.4, -0.2) is 16.1 Å². The Bertz CT molecular complexity index is 587. The second-order valence-corrected chi connectivity index (χ2v) is 4.55. The van der Waals surface area contributed by atoms with Gasteiger partial charge in [0.05, 0.1) is 16.6 Å². The molecule has 0 aliphatic carbocycles. The number of aliphatic carboxylic acids is 1. The molecule has 1 heterocycles. The number of carboxylic acids is 1. The van der Waals surface area contributed by atoms with Gasteiger partial charge in [-0.05, 0) is 36.8 Å². The molecule has 2 aromatic rings. The van der Waals surface area contributed by atoms with Gasteiger partial charge in [-0.2, -0.15) is 0 Å². The minimum Gasteiger partial charge on any atom is -0.481 e. The van der Waals surface area contributed by atoms with Crippen LogP contribution >= 0.6 is 11.6 Å². The molecule has 0 amide bonds. The maximum Gasteiger partial charge on any atom is 0.310 e. The molecule has 2 N–H and O–H groups in total. The molecule has 19 heavy (non-hydrogen) atoms. The molecular weight excluding hydrogens is 264 g/mol. The third-order valence-electron chi connectivity index (χ3n) is 2.79. The normalized spacial score (nSPS) is 11.9. The quantitative estimate of drug-likeness (QED) is 0.894. The van der Waals surface area contributed by atoms with Gasteiger partial charge in [0.15, 0.2) is 0 Å². The molecule has 0 bridgehead atoms. The lowest BCUT2D eigenvalue weighted by molar-refractivity contribution is -0.138. The maximum atomic E-state index is 10.9. The molecule has 0 aliphatic heterocycles. The van der Waals surface area contributed by atoms with Crippen LogP contribution < -0.4 is 5.32 Å². The largest absolute Gasteiger partial charge is 0.481 e. The summed E-state index contributed by atoms with van der Waals surface area (Å²) in [5, 5.41) is 12.5. The summed E-state index contributed by atoms with van der Waals surface area (Å²) in [5.41, 5.74) is 1.37. The van der Waals surface area contributed by atoms with E-state index in [2.05, 4.69) is 10.3 Å². The zero-order valence-corrected chi connectivity index (χ0v) is 11.1. The number of nitrogens with one attached hydrogen (secondary N) is 1. The Morgan fingerprint density at radius 1 is 1.37 bits per heavy atom. The van der Waals surface area contributed by atoms with Gasteiger partial charge >= 0.3 is 5.97 Å². The fourth-order valence-electron chi connectivity index (χ4n) is 1.62. The highest BCUT2D eigenvalue weighted by atomic mass is 35.5. The van der Waals surface area contributed by atoms with Crippen molar-refractivity contribution in [2.24, 2.45) is 0 Å². The highest BCUT2D eigenvalue weighted by molar-refractivity contribution is 6.33. The highest BCUT2D eigenvalue weighted by Gasteiger charge is 2.14. The number of carbonyl (C=O) groups is 1. The summed E-state index contributed by atoms with van der Waals surface area (Å²) in [4.78, 5) is 15.1. The van der Waals surface area contributed by atoms with Crippen molar-refractivity contribution in [2.45, 2.75) is 12.8 Å². The van der Waals surface area contributed by atoms with Gasteiger partial charge in [0.25, 0.3) is 0 Å². The van der Waals surface area contributed by atoms with E-state index in [0.29, 0.717) is 22.1 Å². The highest BCUT2D eigenvalue weighted by Crippen LogP contribution is 2.28. The molecule has 0 saturated heterocycles. The first-order chi connectivity index (χ1) is 9.08. The number of aromatic nitrogens is 1. The van der Waals surface area contributed by atoms with E-state index in [-0.39, 0.29) is 0 Å². The first kappa shape index (κ1) is 13.4. The Morgan fingerprint density at radius 3 is 2.74 bits per heavy atom. The zero-order chi connectivity index (χ0) is 13.8. The smallest absolute Gasteiger partial charge is 0.310 e. The monoisotopic (exact) mass is 276 g/mol. The van der Waals surface area contributed by atoms with Crippen LogP contribution in [0.5, 0.6) is 0 Å². The van der Waals surface area contributed by atoms with Crippen LogP contribution in [0.2, 0.25) is 5.02 Å². The summed E-state index contributed by atoms with van der Waals surface area (Å²) in [5.74, 6) is -0.772. The molecule has 0 spiro atoms. The summed E-state index contributed by atoms with van der Waals surface area (Å²) >= 11 is 6.14. The van der Waals surface area contributed by atoms with Gasteiger partial charge in [0.2, 0.25) is 0 Å². The van der Waals surface area contributed by atoms with Crippen molar-refractivity contribution in [3.63, 3.8) is 0 Å².